The highest BCUT2D eigenvalue weighted by Crippen LogP contribution is 2.12. The zero-order valence-electron chi connectivity index (χ0n) is 15.4. The van der Waals surface area contributed by atoms with Crippen molar-refractivity contribution in [3.8, 4) is 23.7 Å². The lowest BCUT2D eigenvalue weighted by Gasteiger charge is -2.21. The molecule has 142 valence electrons. The van der Waals surface area contributed by atoms with Crippen LogP contribution >= 0.6 is 0 Å². The largest absolute Gasteiger partial charge is 0.466 e. The van der Waals surface area contributed by atoms with Crippen LogP contribution in [0.3, 0.4) is 0 Å². The number of hydrogen-bond acceptors (Lipinski definition) is 5. The molecule has 26 heavy (non-hydrogen) atoms. The molecule has 0 bridgehead atoms. The second-order valence-corrected chi connectivity index (χ2v) is 5.78. The van der Waals surface area contributed by atoms with Gasteiger partial charge in [0, 0.05) is 12.7 Å². The highest BCUT2D eigenvalue weighted by atomic mass is 16.7. The van der Waals surface area contributed by atoms with Gasteiger partial charge >= 0.3 is 5.97 Å². The molecular formula is C21H28O5. The lowest BCUT2D eigenvalue weighted by Crippen LogP contribution is -2.22. The Morgan fingerprint density at radius 1 is 1.31 bits per heavy atom. The van der Waals surface area contributed by atoms with Gasteiger partial charge in [0.1, 0.15) is 12.7 Å². The predicted octanol–water partition coefficient (Wildman–Crippen LogP) is 2.74. The van der Waals surface area contributed by atoms with Crippen molar-refractivity contribution in [3.63, 3.8) is 0 Å². The maximum atomic E-state index is 10.9. The number of methoxy groups -OCH3 is 1. The third kappa shape index (κ3) is 12.3. The van der Waals surface area contributed by atoms with Crippen molar-refractivity contribution in [3.05, 3.63) is 24.3 Å². The van der Waals surface area contributed by atoms with Crippen LogP contribution < -0.4 is 0 Å². The molecule has 0 radical (unpaired) electrons. The van der Waals surface area contributed by atoms with Crippen LogP contribution in [0, 0.1) is 23.7 Å². The number of carbonyl (C=O) groups is 1. The molecule has 0 aromatic rings. The Morgan fingerprint density at radius 3 is 2.92 bits per heavy atom. The first-order valence-corrected chi connectivity index (χ1v) is 9.02. The normalized spacial score (nSPS) is 18.0. The Bertz CT molecular complexity index is 565. The maximum Gasteiger partial charge on any atom is 0.330 e. The highest BCUT2D eigenvalue weighted by Gasteiger charge is 2.12. The van der Waals surface area contributed by atoms with Gasteiger partial charge in [0.2, 0.25) is 0 Å². The molecule has 0 aromatic heterocycles. The smallest absolute Gasteiger partial charge is 0.330 e. The fourth-order valence-corrected chi connectivity index (χ4v) is 2.23. The Hall–Kier alpha value is -2.05. The summed E-state index contributed by atoms with van der Waals surface area (Å²) in [5.74, 6) is 10.9. The fourth-order valence-electron chi connectivity index (χ4n) is 2.23. The molecule has 0 saturated carbocycles. The summed E-state index contributed by atoms with van der Waals surface area (Å²) in [6.45, 7) is 1.11. The molecule has 2 atom stereocenters. The van der Waals surface area contributed by atoms with Gasteiger partial charge in [-0.2, -0.15) is 0 Å². The summed E-state index contributed by atoms with van der Waals surface area (Å²) in [5.41, 5.74) is 0. The van der Waals surface area contributed by atoms with E-state index in [1.165, 1.54) is 13.2 Å². The predicted molar refractivity (Wildman–Crippen MR) is 99.9 cm³/mol. The molecule has 1 saturated heterocycles. The van der Waals surface area contributed by atoms with Crippen LogP contribution in [0.5, 0.6) is 0 Å². The van der Waals surface area contributed by atoms with Crippen molar-refractivity contribution in [1.29, 1.82) is 0 Å². The number of hydrogen-bond donors (Lipinski definition) is 1. The van der Waals surface area contributed by atoms with Gasteiger partial charge in [-0.15, -0.1) is 0 Å². The zero-order valence-corrected chi connectivity index (χ0v) is 15.4. The molecule has 1 rings (SSSR count). The van der Waals surface area contributed by atoms with Gasteiger partial charge in [0.15, 0.2) is 6.29 Å². The van der Waals surface area contributed by atoms with E-state index >= 15 is 0 Å². The molecule has 1 heterocycles. The van der Waals surface area contributed by atoms with Gasteiger partial charge in [-0.25, -0.2) is 4.79 Å². The minimum Gasteiger partial charge on any atom is -0.466 e. The first kappa shape index (κ1) is 22.0. The van der Waals surface area contributed by atoms with E-state index in [4.69, 9.17) is 9.47 Å². The lowest BCUT2D eigenvalue weighted by atomic mass is 10.1. The van der Waals surface area contributed by atoms with Crippen LogP contribution in [0.1, 0.15) is 44.9 Å². The average molecular weight is 360 g/mol. The Kier molecular flexibility index (Phi) is 12.9. The molecule has 0 aromatic carbocycles. The summed E-state index contributed by atoms with van der Waals surface area (Å²) in [4.78, 5) is 10.9. The summed E-state index contributed by atoms with van der Waals surface area (Å²) in [7, 11) is 1.35. The Morgan fingerprint density at radius 2 is 2.15 bits per heavy atom. The first-order chi connectivity index (χ1) is 12.7. The van der Waals surface area contributed by atoms with E-state index in [1.807, 2.05) is 0 Å². The van der Waals surface area contributed by atoms with Crippen LogP contribution in [0.2, 0.25) is 0 Å². The molecule has 0 spiro atoms. The van der Waals surface area contributed by atoms with Gasteiger partial charge in [0.25, 0.3) is 0 Å². The second kappa shape index (κ2) is 15.2. The van der Waals surface area contributed by atoms with Crippen molar-refractivity contribution in [2.45, 2.75) is 57.3 Å². The van der Waals surface area contributed by atoms with Gasteiger partial charge < -0.3 is 19.3 Å². The fraction of sp³-hybridized carbons (Fsp3) is 0.571. The minimum absolute atomic E-state index is 0.118. The van der Waals surface area contributed by atoms with Crippen LogP contribution in [0.15, 0.2) is 24.3 Å². The lowest BCUT2D eigenvalue weighted by molar-refractivity contribution is -0.154. The number of esters is 1. The number of unbranched alkanes of at least 4 members (excludes halogenated alkanes) is 2. The van der Waals surface area contributed by atoms with Gasteiger partial charge in [-0.1, -0.05) is 29.8 Å². The minimum atomic E-state index is -0.649. The summed E-state index contributed by atoms with van der Waals surface area (Å²) >= 11 is 0. The number of aliphatic hydroxyl groups excluding tert-OH is 1. The van der Waals surface area contributed by atoms with E-state index in [9.17, 15) is 9.90 Å². The SMILES string of the molecule is COC(=O)/C=C/CCCCC(O)C#C/C=C\C#CCOC1CCCCO1. The molecule has 1 aliphatic heterocycles. The number of ether oxygens (including phenoxy) is 3. The number of aliphatic hydroxyl groups is 1. The summed E-state index contributed by atoms with van der Waals surface area (Å²) in [6, 6.07) is 0. The standard InChI is InChI=1S/C21H28O5/c1-24-20(23)15-9-5-4-8-14-19(22)13-7-3-2-6-11-17-25-21-16-10-12-18-26-21/h2-3,9,15,19,21-22H,4-5,8,10,12,14,16-18H2,1H3/b3-2-,15-9+. The van der Waals surface area contributed by atoms with Crippen molar-refractivity contribution >= 4 is 5.97 Å². The van der Waals surface area contributed by atoms with Crippen LogP contribution in [0.4, 0.5) is 0 Å². The molecule has 0 aliphatic carbocycles. The van der Waals surface area contributed by atoms with Crippen LogP contribution in [-0.2, 0) is 19.0 Å². The highest BCUT2D eigenvalue weighted by molar-refractivity contribution is 5.81. The van der Waals surface area contributed by atoms with Crippen molar-refractivity contribution in [2.75, 3.05) is 20.3 Å². The van der Waals surface area contributed by atoms with E-state index in [2.05, 4.69) is 28.4 Å². The third-order valence-corrected chi connectivity index (χ3v) is 3.63. The quantitative estimate of drug-likeness (QED) is 0.312. The monoisotopic (exact) mass is 360 g/mol. The molecule has 5 nitrogen and oxygen atoms in total. The van der Waals surface area contributed by atoms with Crippen molar-refractivity contribution in [2.24, 2.45) is 0 Å². The van der Waals surface area contributed by atoms with E-state index in [0.29, 0.717) is 13.0 Å². The molecule has 1 N–H and O–H groups in total. The van der Waals surface area contributed by atoms with Crippen molar-refractivity contribution in [1.82, 2.24) is 0 Å². The van der Waals surface area contributed by atoms with Gasteiger partial charge in [-0.05, 0) is 57.1 Å². The van der Waals surface area contributed by atoms with Gasteiger partial charge in [-0.3, -0.25) is 0 Å². The van der Waals surface area contributed by atoms with Crippen LogP contribution in [0.25, 0.3) is 0 Å². The molecule has 0 amide bonds. The average Bonchev–Trinajstić information content (AvgIpc) is 2.67. The van der Waals surface area contributed by atoms with Crippen molar-refractivity contribution < 1.29 is 24.1 Å². The first-order valence-electron chi connectivity index (χ1n) is 9.02. The van der Waals surface area contributed by atoms with Crippen LogP contribution in [-0.4, -0.2) is 43.8 Å². The number of allylic oxidation sites excluding steroid dienone is 3. The number of rotatable bonds is 8. The Labute approximate surface area is 156 Å². The molecule has 5 heteroatoms. The Balaban J connectivity index is 2.06. The zero-order chi connectivity index (χ0) is 18.9. The summed E-state index contributed by atoms with van der Waals surface area (Å²) < 4.78 is 15.4. The molecule has 1 aliphatic rings. The molecule has 2 unspecified atom stereocenters. The summed E-state index contributed by atoms with van der Waals surface area (Å²) in [6.07, 6.45) is 12.0. The van der Waals surface area contributed by atoms with E-state index in [-0.39, 0.29) is 12.3 Å². The van der Waals surface area contributed by atoms with E-state index in [1.54, 1.807) is 18.2 Å². The molecule has 1 fully saturated rings. The maximum absolute atomic E-state index is 10.9. The number of carbonyl (C=O) groups excluding carboxylic acids is 1. The van der Waals surface area contributed by atoms with Gasteiger partial charge in [0.05, 0.1) is 7.11 Å². The third-order valence-electron chi connectivity index (χ3n) is 3.63. The summed E-state index contributed by atoms with van der Waals surface area (Å²) in [5, 5.41) is 9.75. The van der Waals surface area contributed by atoms with E-state index in [0.717, 1.165) is 45.1 Å². The second-order valence-electron chi connectivity index (χ2n) is 5.78. The van der Waals surface area contributed by atoms with E-state index < -0.39 is 6.10 Å². The molecular weight excluding hydrogens is 332 g/mol. The topological polar surface area (TPSA) is 65.0 Å².